The van der Waals surface area contributed by atoms with E-state index in [0.717, 1.165) is 10.2 Å². The lowest BCUT2D eigenvalue weighted by Gasteiger charge is -2.15. The van der Waals surface area contributed by atoms with Crippen molar-refractivity contribution in [3.05, 3.63) is 20.8 Å². The average molecular weight is 292 g/mol. The van der Waals surface area contributed by atoms with Gasteiger partial charge in [-0.25, -0.2) is 0 Å². The van der Waals surface area contributed by atoms with Crippen LogP contribution in [0.1, 0.15) is 11.3 Å². The largest absolute Gasteiger partial charge is 0.396 e. The minimum absolute atomic E-state index is 0.00637. The molecule has 0 unspecified atom stereocenters. The molecule has 3 nitrogen and oxygen atoms in total. The van der Waals surface area contributed by atoms with Gasteiger partial charge in [-0.3, -0.25) is 4.79 Å². The predicted octanol–water partition coefficient (Wildman–Crippen LogP) is 1.89. The summed E-state index contributed by atoms with van der Waals surface area (Å²) in [5, 5.41) is 8.62. The summed E-state index contributed by atoms with van der Waals surface area (Å²) in [4.78, 5) is 14.2. The van der Waals surface area contributed by atoms with Gasteiger partial charge in [-0.1, -0.05) is 0 Å². The molecule has 0 spiro atoms. The van der Waals surface area contributed by atoms with Crippen molar-refractivity contribution in [1.82, 2.24) is 4.90 Å². The summed E-state index contributed by atoms with van der Waals surface area (Å²) in [6.07, 6.45) is 1.08. The molecule has 15 heavy (non-hydrogen) atoms. The Hall–Kier alpha value is -0.390. The molecule has 1 heterocycles. The summed E-state index contributed by atoms with van der Waals surface area (Å²) in [7, 11) is 1.76. The van der Waals surface area contributed by atoms with Crippen LogP contribution in [0.3, 0.4) is 0 Å². The molecule has 0 aliphatic heterocycles. The van der Waals surface area contributed by atoms with E-state index in [9.17, 15) is 4.79 Å². The van der Waals surface area contributed by atoms with Gasteiger partial charge in [0.15, 0.2) is 0 Å². The van der Waals surface area contributed by atoms with Gasteiger partial charge in [0.1, 0.15) is 0 Å². The number of hydrogen-bond donors (Lipinski definition) is 1. The van der Waals surface area contributed by atoms with Crippen LogP contribution in [-0.2, 0) is 11.2 Å². The molecule has 0 fully saturated rings. The highest BCUT2D eigenvalue weighted by molar-refractivity contribution is 9.11. The normalized spacial score (nSPS) is 10.3. The number of aliphatic hydroxyl groups is 1. The molecule has 0 saturated carbocycles. The first-order valence-electron chi connectivity index (χ1n) is 4.72. The van der Waals surface area contributed by atoms with E-state index in [2.05, 4.69) is 22.0 Å². The van der Waals surface area contributed by atoms with Crippen LogP contribution in [0.4, 0.5) is 0 Å². The van der Waals surface area contributed by atoms with E-state index in [-0.39, 0.29) is 18.9 Å². The second-order valence-corrected chi connectivity index (χ2v) is 5.79. The number of thiophene rings is 1. The van der Waals surface area contributed by atoms with Gasteiger partial charge in [0.25, 0.3) is 0 Å². The molecular formula is C10H14BrNO2S. The first-order valence-corrected chi connectivity index (χ1v) is 6.33. The number of carbonyl (C=O) groups is 1. The van der Waals surface area contributed by atoms with E-state index in [1.165, 1.54) is 4.88 Å². The molecule has 1 rings (SSSR count). The van der Waals surface area contributed by atoms with E-state index >= 15 is 0 Å². The topological polar surface area (TPSA) is 40.5 Å². The van der Waals surface area contributed by atoms with Crippen LogP contribution in [0.15, 0.2) is 15.9 Å². The van der Waals surface area contributed by atoms with Gasteiger partial charge in [0, 0.05) is 24.9 Å². The minimum atomic E-state index is -0.0757. The number of halogens is 1. The number of hydrogen-bond acceptors (Lipinski definition) is 3. The van der Waals surface area contributed by atoms with Gasteiger partial charge in [0.05, 0.1) is 10.4 Å². The zero-order valence-electron chi connectivity index (χ0n) is 8.57. The smallest absolute Gasteiger partial charge is 0.224 e. The van der Waals surface area contributed by atoms with Crippen molar-refractivity contribution < 1.29 is 9.90 Å². The molecule has 5 heteroatoms. The number of aliphatic hydroxyl groups excluding tert-OH is 1. The Morgan fingerprint density at radius 3 is 2.87 bits per heavy atom. The third-order valence-corrected chi connectivity index (χ3v) is 3.76. The predicted molar refractivity (Wildman–Crippen MR) is 65.1 cm³/mol. The minimum Gasteiger partial charge on any atom is -0.396 e. The Labute approximate surface area is 102 Å². The van der Waals surface area contributed by atoms with Crippen molar-refractivity contribution >= 4 is 33.2 Å². The van der Waals surface area contributed by atoms with Gasteiger partial charge in [-0.2, -0.15) is 0 Å². The maximum atomic E-state index is 11.3. The Kier molecular flexibility index (Phi) is 5.28. The molecular weight excluding hydrogens is 278 g/mol. The molecule has 0 aliphatic carbocycles. The Bertz CT molecular complexity index is 327. The molecule has 1 aromatic heterocycles. The van der Waals surface area contributed by atoms with Crippen LogP contribution in [0.5, 0.6) is 0 Å². The van der Waals surface area contributed by atoms with Crippen molar-refractivity contribution in [2.24, 2.45) is 0 Å². The fourth-order valence-electron chi connectivity index (χ4n) is 1.18. The third-order valence-electron chi connectivity index (χ3n) is 2.07. The lowest BCUT2D eigenvalue weighted by molar-refractivity contribution is -0.130. The Morgan fingerprint density at radius 1 is 1.60 bits per heavy atom. The van der Waals surface area contributed by atoms with Crippen molar-refractivity contribution in [3.63, 3.8) is 0 Å². The summed E-state index contributed by atoms with van der Waals surface area (Å²) in [5.74, 6) is -0.00637. The van der Waals surface area contributed by atoms with Gasteiger partial charge in [-0.15, -0.1) is 11.3 Å². The van der Waals surface area contributed by atoms with Crippen LogP contribution >= 0.6 is 27.3 Å². The number of rotatable bonds is 5. The molecule has 1 aromatic rings. The first kappa shape index (κ1) is 12.7. The van der Waals surface area contributed by atoms with Crippen LogP contribution in [0.2, 0.25) is 0 Å². The quantitative estimate of drug-likeness (QED) is 0.900. The Balaban J connectivity index is 2.33. The van der Waals surface area contributed by atoms with E-state index in [4.69, 9.17) is 5.11 Å². The van der Waals surface area contributed by atoms with Gasteiger partial charge in [0.2, 0.25) is 5.91 Å². The zero-order valence-corrected chi connectivity index (χ0v) is 11.0. The van der Waals surface area contributed by atoms with E-state index in [1.807, 2.05) is 6.07 Å². The maximum absolute atomic E-state index is 11.3. The summed E-state index contributed by atoms with van der Waals surface area (Å²) < 4.78 is 1.11. The maximum Gasteiger partial charge on any atom is 0.224 e. The van der Waals surface area contributed by atoms with Gasteiger partial charge < -0.3 is 10.0 Å². The lowest BCUT2D eigenvalue weighted by Crippen LogP contribution is -2.29. The van der Waals surface area contributed by atoms with Crippen LogP contribution < -0.4 is 0 Å². The molecule has 0 saturated heterocycles. The fourth-order valence-corrected chi connectivity index (χ4v) is 2.65. The van der Waals surface area contributed by atoms with Crippen molar-refractivity contribution in [1.29, 1.82) is 0 Å². The fraction of sp³-hybridized carbons (Fsp3) is 0.500. The molecule has 0 radical (unpaired) electrons. The second-order valence-electron chi connectivity index (χ2n) is 3.24. The molecule has 0 atom stereocenters. The molecule has 84 valence electrons. The second kappa shape index (κ2) is 6.25. The van der Waals surface area contributed by atoms with Crippen LogP contribution in [0.25, 0.3) is 0 Å². The van der Waals surface area contributed by atoms with Crippen LogP contribution in [0, 0.1) is 0 Å². The summed E-state index contributed by atoms with van der Waals surface area (Å²) in [5.41, 5.74) is 0. The van der Waals surface area contributed by atoms with Crippen LogP contribution in [-0.4, -0.2) is 36.1 Å². The SMILES string of the molecule is CN(CCc1ccc(Br)s1)C(=O)CCO. The molecule has 0 aliphatic rings. The monoisotopic (exact) mass is 291 g/mol. The number of carbonyl (C=O) groups excluding carboxylic acids is 1. The summed E-state index contributed by atoms with van der Waals surface area (Å²) in [6.45, 7) is 0.625. The zero-order chi connectivity index (χ0) is 11.3. The summed E-state index contributed by atoms with van der Waals surface area (Å²) >= 11 is 5.08. The van der Waals surface area contributed by atoms with E-state index < -0.39 is 0 Å². The molecule has 0 bridgehead atoms. The van der Waals surface area contributed by atoms with Gasteiger partial charge >= 0.3 is 0 Å². The molecule has 1 N–H and O–H groups in total. The van der Waals surface area contributed by atoms with Crippen molar-refractivity contribution in [3.8, 4) is 0 Å². The Morgan fingerprint density at radius 2 is 2.33 bits per heavy atom. The number of likely N-dealkylation sites (N-methyl/N-ethyl adjacent to an activating group) is 1. The molecule has 1 amide bonds. The lowest BCUT2D eigenvalue weighted by atomic mass is 10.3. The average Bonchev–Trinajstić information content (AvgIpc) is 2.61. The van der Waals surface area contributed by atoms with Gasteiger partial charge in [-0.05, 0) is 34.5 Å². The molecule has 0 aromatic carbocycles. The highest BCUT2D eigenvalue weighted by atomic mass is 79.9. The highest BCUT2D eigenvalue weighted by Gasteiger charge is 2.08. The highest BCUT2D eigenvalue weighted by Crippen LogP contribution is 2.22. The van der Waals surface area contributed by atoms with E-state index in [1.54, 1.807) is 23.3 Å². The van der Waals surface area contributed by atoms with Crippen molar-refractivity contribution in [2.45, 2.75) is 12.8 Å². The van der Waals surface area contributed by atoms with E-state index in [0.29, 0.717) is 6.54 Å². The third kappa shape index (κ3) is 4.32. The summed E-state index contributed by atoms with van der Waals surface area (Å²) in [6, 6.07) is 4.06. The first-order chi connectivity index (χ1) is 7.13. The van der Waals surface area contributed by atoms with Crippen molar-refractivity contribution in [2.75, 3.05) is 20.2 Å². The number of amides is 1. The number of nitrogens with zero attached hydrogens (tertiary/aromatic N) is 1. The standard InChI is InChI=1S/C10H14BrNO2S/c1-12(10(14)5-7-13)6-4-8-2-3-9(11)15-8/h2-3,13H,4-7H2,1H3.